The van der Waals surface area contributed by atoms with Crippen LogP contribution in [0.5, 0.6) is 0 Å². The van der Waals surface area contributed by atoms with Crippen molar-refractivity contribution in [3.63, 3.8) is 0 Å². The van der Waals surface area contributed by atoms with Gasteiger partial charge in [-0.1, -0.05) is 60.5 Å². The van der Waals surface area contributed by atoms with Crippen LogP contribution >= 0.6 is 34.5 Å². The number of aromatic nitrogens is 1. The molecule has 3 aromatic rings. The molecule has 0 unspecified atom stereocenters. The molecule has 30 heavy (non-hydrogen) atoms. The Morgan fingerprint density at radius 2 is 1.73 bits per heavy atom. The number of hydrogen-bond donors (Lipinski definition) is 0. The van der Waals surface area contributed by atoms with E-state index in [9.17, 15) is 8.42 Å². The lowest BCUT2D eigenvalue weighted by Gasteiger charge is -2.34. The largest absolute Gasteiger partial charge is 0.345 e. The minimum atomic E-state index is -3.69. The molecule has 0 saturated carbocycles. The van der Waals surface area contributed by atoms with Crippen LogP contribution in [0.1, 0.15) is 12.5 Å². The summed E-state index contributed by atoms with van der Waals surface area (Å²) in [7, 11) is -3.69. The van der Waals surface area contributed by atoms with Gasteiger partial charge in [0, 0.05) is 37.1 Å². The quantitative estimate of drug-likeness (QED) is 0.502. The van der Waals surface area contributed by atoms with E-state index < -0.39 is 10.0 Å². The number of aryl methyl sites for hydroxylation is 1. The predicted octanol–water partition coefficient (Wildman–Crippen LogP) is 5.19. The maximum atomic E-state index is 13.0. The Hall–Kier alpha value is -1.64. The topological polar surface area (TPSA) is 53.5 Å². The molecule has 1 saturated heterocycles. The molecule has 0 spiro atoms. The first-order chi connectivity index (χ1) is 14.4. The molecule has 9 heteroatoms. The van der Waals surface area contributed by atoms with Crippen LogP contribution in [0.2, 0.25) is 10.0 Å². The van der Waals surface area contributed by atoms with E-state index in [0.29, 0.717) is 26.2 Å². The van der Waals surface area contributed by atoms with Crippen LogP contribution in [0.15, 0.2) is 52.7 Å². The average molecular weight is 482 g/mol. The van der Waals surface area contributed by atoms with Gasteiger partial charge in [-0.2, -0.15) is 4.31 Å². The zero-order valence-corrected chi connectivity index (χ0v) is 19.5. The molecule has 0 amide bonds. The van der Waals surface area contributed by atoms with Gasteiger partial charge < -0.3 is 4.90 Å². The summed E-state index contributed by atoms with van der Waals surface area (Å²) < 4.78 is 27.4. The highest BCUT2D eigenvalue weighted by Gasteiger charge is 2.31. The number of piperazine rings is 1. The van der Waals surface area contributed by atoms with E-state index in [1.54, 1.807) is 23.5 Å². The molecule has 1 fully saturated rings. The molecular weight excluding hydrogens is 461 g/mol. The third-order valence-corrected chi connectivity index (χ3v) is 8.97. The van der Waals surface area contributed by atoms with E-state index in [2.05, 4.69) is 36.1 Å². The fourth-order valence-electron chi connectivity index (χ4n) is 3.40. The zero-order valence-electron chi connectivity index (χ0n) is 16.4. The van der Waals surface area contributed by atoms with Crippen molar-refractivity contribution in [3.05, 3.63) is 63.5 Å². The van der Waals surface area contributed by atoms with E-state index in [1.165, 1.54) is 15.9 Å². The van der Waals surface area contributed by atoms with Crippen molar-refractivity contribution in [2.45, 2.75) is 18.2 Å². The first kappa shape index (κ1) is 21.6. The summed E-state index contributed by atoms with van der Waals surface area (Å²) >= 11 is 13.7. The van der Waals surface area contributed by atoms with Gasteiger partial charge in [-0.15, -0.1) is 11.3 Å². The van der Waals surface area contributed by atoms with Crippen LogP contribution < -0.4 is 4.90 Å². The molecule has 1 aromatic heterocycles. The fourth-order valence-corrected chi connectivity index (χ4v) is 6.44. The van der Waals surface area contributed by atoms with Gasteiger partial charge in [-0.25, -0.2) is 13.4 Å². The summed E-state index contributed by atoms with van der Waals surface area (Å²) in [6, 6.07) is 13.1. The first-order valence-corrected chi connectivity index (χ1v) is 12.7. The molecule has 158 valence electrons. The van der Waals surface area contributed by atoms with Gasteiger partial charge in [0.1, 0.15) is 4.90 Å². The standard InChI is InChI=1S/C21H21Cl2N3O2S2/c1-2-15-6-8-16(9-7-15)18-14-29-21(24-18)25-10-12-26(13-11-25)30(27,28)19-5-3-4-17(22)20(19)23/h3-9,14H,2,10-13H2,1H3. The van der Waals surface area contributed by atoms with Crippen LogP contribution in [-0.2, 0) is 16.4 Å². The van der Waals surface area contributed by atoms with E-state index in [1.807, 2.05) is 5.38 Å². The van der Waals surface area contributed by atoms with Crippen LogP contribution in [-0.4, -0.2) is 43.9 Å². The number of rotatable bonds is 5. The van der Waals surface area contributed by atoms with E-state index in [4.69, 9.17) is 28.2 Å². The van der Waals surface area contributed by atoms with Crippen molar-refractivity contribution in [3.8, 4) is 11.3 Å². The molecular formula is C21H21Cl2N3O2S2. The van der Waals surface area contributed by atoms with Crippen molar-refractivity contribution >= 4 is 49.7 Å². The molecule has 0 aliphatic carbocycles. The summed E-state index contributed by atoms with van der Waals surface area (Å²) in [5, 5.41) is 3.26. The molecule has 5 nitrogen and oxygen atoms in total. The molecule has 2 heterocycles. The molecule has 0 radical (unpaired) electrons. The lowest BCUT2D eigenvalue weighted by molar-refractivity contribution is 0.385. The smallest absolute Gasteiger partial charge is 0.244 e. The molecule has 2 aromatic carbocycles. The summed E-state index contributed by atoms with van der Waals surface area (Å²) in [5.41, 5.74) is 3.33. The fraction of sp³-hybridized carbons (Fsp3) is 0.286. The third-order valence-electron chi connectivity index (χ3n) is 5.19. The average Bonchev–Trinajstić information content (AvgIpc) is 3.26. The number of hydrogen-bond acceptors (Lipinski definition) is 5. The Bertz CT molecular complexity index is 1140. The summed E-state index contributed by atoms with van der Waals surface area (Å²) in [6.45, 7) is 4.00. The Kier molecular flexibility index (Phi) is 6.36. The van der Waals surface area contributed by atoms with Crippen LogP contribution in [0, 0.1) is 0 Å². The van der Waals surface area contributed by atoms with E-state index in [0.717, 1.165) is 22.8 Å². The number of anilines is 1. The predicted molar refractivity (Wildman–Crippen MR) is 124 cm³/mol. The Balaban J connectivity index is 1.46. The molecule has 0 bridgehead atoms. The monoisotopic (exact) mass is 481 g/mol. The summed E-state index contributed by atoms with van der Waals surface area (Å²) in [6.07, 6.45) is 1.01. The second kappa shape index (κ2) is 8.85. The van der Waals surface area contributed by atoms with Gasteiger partial charge in [0.15, 0.2) is 5.13 Å². The van der Waals surface area contributed by atoms with E-state index >= 15 is 0 Å². The lowest BCUT2D eigenvalue weighted by atomic mass is 10.1. The SMILES string of the molecule is CCc1ccc(-c2csc(N3CCN(S(=O)(=O)c4cccc(Cl)c4Cl)CC3)n2)cc1. The van der Waals surface area contributed by atoms with Gasteiger partial charge in [0.05, 0.1) is 15.7 Å². The Morgan fingerprint density at radius 3 is 2.40 bits per heavy atom. The molecule has 1 aliphatic rings. The second-order valence-corrected chi connectivity index (χ2v) is 10.5. The van der Waals surface area contributed by atoms with Crippen LogP contribution in [0.4, 0.5) is 5.13 Å². The number of sulfonamides is 1. The molecule has 0 atom stereocenters. The van der Waals surface area contributed by atoms with Crippen LogP contribution in [0.25, 0.3) is 11.3 Å². The number of halogens is 2. The van der Waals surface area contributed by atoms with Crippen molar-refractivity contribution in [2.24, 2.45) is 0 Å². The van der Waals surface area contributed by atoms with Crippen molar-refractivity contribution in [2.75, 3.05) is 31.1 Å². The third kappa shape index (κ3) is 4.22. The highest BCUT2D eigenvalue weighted by Crippen LogP contribution is 2.32. The van der Waals surface area contributed by atoms with Gasteiger partial charge in [0.25, 0.3) is 0 Å². The minimum Gasteiger partial charge on any atom is -0.345 e. The number of thiazole rings is 1. The molecule has 4 rings (SSSR count). The van der Waals surface area contributed by atoms with Crippen molar-refractivity contribution < 1.29 is 8.42 Å². The van der Waals surface area contributed by atoms with E-state index in [-0.39, 0.29) is 14.9 Å². The van der Waals surface area contributed by atoms with Crippen LogP contribution in [0.3, 0.4) is 0 Å². The van der Waals surface area contributed by atoms with Crippen molar-refractivity contribution in [1.82, 2.24) is 9.29 Å². The number of nitrogens with zero attached hydrogens (tertiary/aromatic N) is 3. The first-order valence-electron chi connectivity index (χ1n) is 9.64. The second-order valence-electron chi connectivity index (χ2n) is 7.01. The lowest BCUT2D eigenvalue weighted by Crippen LogP contribution is -2.48. The Morgan fingerprint density at radius 1 is 1.03 bits per heavy atom. The summed E-state index contributed by atoms with van der Waals surface area (Å²) in [5.74, 6) is 0. The van der Waals surface area contributed by atoms with Gasteiger partial charge >= 0.3 is 0 Å². The highest BCUT2D eigenvalue weighted by atomic mass is 35.5. The number of benzene rings is 2. The zero-order chi connectivity index (χ0) is 21.3. The highest BCUT2D eigenvalue weighted by molar-refractivity contribution is 7.89. The molecule has 1 aliphatic heterocycles. The Labute approximate surface area is 190 Å². The van der Waals surface area contributed by atoms with Crippen molar-refractivity contribution in [1.29, 1.82) is 0 Å². The normalized spacial score (nSPS) is 15.5. The van der Waals surface area contributed by atoms with Gasteiger partial charge in [-0.3, -0.25) is 0 Å². The summed E-state index contributed by atoms with van der Waals surface area (Å²) in [4.78, 5) is 6.95. The maximum absolute atomic E-state index is 13.0. The maximum Gasteiger partial charge on any atom is 0.244 e. The minimum absolute atomic E-state index is 0.0529. The van der Waals surface area contributed by atoms with Gasteiger partial charge in [-0.05, 0) is 24.1 Å². The molecule has 0 N–H and O–H groups in total. The van der Waals surface area contributed by atoms with Gasteiger partial charge in [0.2, 0.25) is 10.0 Å².